The van der Waals surface area contributed by atoms with Gasteiger partial charge in [-0.15, -0.1) is 0 Å². The molecule has 0 spiro atoms. The minimum atomic E-state index is -1.31. The molecule has 3 rings (SSSR count). The highest BCUT2D eigenvalue weighted by molar-refractivity contribution is 7.84. The number of hydrogen-bond donors (Lipinski definition) is 1. The van der Waals surface area contributed by atoms with E-state index in [0.717, 1.165) is 11.3 Å². The lowest BCUT2D eigenvalue weighted by Gasteiger charge is -2.10. The second-order valence-electron chi connectivity index (χ2n) is 5.94. The first-order valence-corrected chi connectivity index (χ1v) is 10.5. The first-order valence-electron chi connectivity index (χ1n) is 8.78. The molecular weight excluding hydrogens is 398 g/mol. The fraction of sp³-hybridized carbons (Fsp3) is 0.190. The van der Waals surface area contributed by atoms with E-state index >= 15 is 0 Å². The van der Waals surface area contributed by atoms with Crippen LogP contribution >= 0.6 is 11.6 Å². The van der Waals surface area contributed by atoms with Gasteiger partial charge in [-0.2, -0.15) is 0 Å². The summed E-state index contributed by atoms with van der Waals surface area (Å²) in [6, 6.07) is 17.6. The molecule has 5 nitrogen and oxygen atoms in total. The van der Waals surface area contributed by atoms with E-state index < -0.39 is 10.8 Å². The summed E-state index contributed by atoms with van der Waals surface area (Å²) in [5, 5.41) is 3.34. The van der Waals surface area contributed by atoms with Crippen LogP contribution in [-0.2, 0) is 23.1 Å². The molecule has 1 atom stereocenters. The molecular formula is C21H20ClNO4S. The predicted molar refractivity (Wildman–Crippen MR) is 109 cm³/mol. The number of benzene rings is 2. The number of carbonyl (C=O) groups is 1. The number of hydrogen-bond acceptors (Lipinski definition) is 4. The molecule has 0 aliphatic carbocycles. The number of para-hydroxylation sites is 1. The molecule has 1 amide bonds. The number of amides is 1. The van der Waals surface area contributed by atoms with Crippen LogP contribution < -0.4 is 10.1 Å². The second kappa shape index (κ2) is 9.57. The monoisotopic (exact) mass is 417 g/mol. The highest BCUT2D eigenvalue weighted by Gasteiger charge is 2.14. The first-order chi connectivity index (χ1) is 13.6. The molecule has 2 aromatic carbocycles. The predicted octanol–water partition coefficient (Wildman–Crippen LogP) is 4.57. The van der Waals surface area contributed by atoms with Gasteiger partial charge < -0.3 is 14.5 Å². The van der Waals surface area contributed by atoms with E-state index in [-0.39, 0.29) is 17.4 Å². The van der Waals surface area contributed by atoms with E-state index in [1.54, 1.807) is 36.4 Å². The van der Waals surface area contributed by atoms with Crippen molar-refractivity contribution in [3.63, 3.8) is 0 Å². The Bertz CT molecular complexity index is 986. The van der Waals surface area contributed by atoms with Gasteiger partial charge in [-0.3, -0.25) is 9.00 Å². The normalized spacial score (nSPS) is 11.8. The van der Waals surface area contributed by atoms with Gasteiger partial charge in [0, 0.05) is 22.0 Å². The Balaban J connectivity index is 1.60. The number of ether oxygens (including phenoxy) is 1. The highest BCUT2D eigenvalue weighted by Crippen LogP contribution is 2.20. The third-order valence-electron chi connectivity index (χ3n) is 3.93. The average molecular weight is 418 g/mol. The zero-order valence-corrected chi connectivity index (χ0v) is 16.9. The van der Waals surface area contributed by atoms with Gasteiger partial charge in [0.2, 0.25) is 0 Å². The fourth-order valence-corrected chi connectivity index (χ4v) is 3.93. The Hall–Kier alpha value is -2.57. The van der Waals surface area contributed by atoms with Crippen LogP contribution in [-0.4, -0.2) is 16.7 Å². The maximum atomic E-state index is 12.4. The van der Waals surface area contributed by atoms with Crippen molar-refractivity contribution in [3.8, 4) is 5.75 Å². The van der Waals surface area contributed by atoms with Crippen LogP contribution in [0.1, 0.15) is 28.8 Å². The Labute approximate surface area is 171 Å². The zero-order chi connectivity index (χ0) is 19.9. The van der Waals surface area contributed by atoms with E-state index in [4.69, 9.17) is 20.8 Å². The van der Waals surface area contributed by atoms with Gasteiger partial charge in [-0.05, 0) is 43.3 Å². The smallest absolute Gasteiger partial charge is 0.287 e. The lowest BCUT2D eigenvalue weighted by atomic mass is 10.2. The molecule has 0 unspecified atom stereocenters. The van der Waals surface area contributed by atoms with Crippen LogP contribution in [0.3, 0.4) is 0 Å². The summed E-state index contributed by atoms with van der Waals surface area (Å²) in [6.45, 7) is 2.78. The first kappa shape index (κ1) is 20.2. The van der Waals surface area contributed by atoms with Gasteiger partial charge in [0.15, 0.2) is 5.76 Å². The molecule has 0 aliphatic rings. The minimum Gasteiger partial charge on any atom is -0.494 e. The summed E-state index contributed by atoms with van der Waals surface area (Å²) in [5.41, 5.74) is 0.881. The SMILES string of the molecule is CCOc1ccccc1CNC(=O)c1ccc(C[S@](=O)c2cccc(Cl)c2)o1. The van der Waals surface area contributed by atoms with Gasteiger partial charge in [-0.1, -0.05) is 35.9 Å². The molecule has 146 valence electrons. The molecule has 0 fully saturated rings. The lowest BCUT2D eigenvalue weighted by molar-refractivity contribution is 0.0921. The van der Waals surface area contributed by atoms with Crippen LogP contribution in [0.15, 0.2) is 70.0 Å². The van der Waals surface area contributed by atoms with Gasteiger partial charge in [-0.25, -0.2) is 0 Å². The van der Waals surface area contributed by atoms with Crippen molar-refractivity contribution in [2.24, 2.45) is 0 Å². The third kappa shape index (κ3) is 5.24. The standard InChI is InChI=1S/C21H20ClNO4S/c1-2-26-19-9-4-3-6-15(19)13-23-21(24)20-11-10-17(27-20)14-28(25)18-8-5-7-16(22)12-18/h3-12H,2,13-14H2,1H3,(H,23,24)/t28-/m0/s1. The third-order valence-corrected chi connectivity index (χ3v) is 5.49. The fourth-order valence-electron chi connectivity index (χ4n) is 2.61. The van der Waals surface area contributed by atoms with Crippen molar-refractivity contribution in [3.05, 3.63) is 82.8 Å². The number of carbonyl (C=O) groups excluding carboxylic acids is 1. The Kier molecular flexibility index (Phi) is 6.90. The number of furan rings is 1. The molecule has 0 saturated heterocycles. The number of rotatable bonds is 8. The Morgan fingerprint density at radius 2 is 1.96 bits per heavy atom. The lowest BCUT2D eigenvalue weighted by Crippen LogP contribution is -2.22. The largest absolute Gasteiger partial charge is 0.494 e. The molecule has 7 heteroatoms. The zero-order valence-electron chi connectivity index (χ0n) is 15.3. The molecule has 0 radical (unpaired) electrons. The van der Waals surface area contributed by atoms with Gasteiger partial charge in [0.05, 0.1) is 23.2 Å². The van der Waals surface area contributed by atoms with E-state index in [1.165, 1.54) is 0 Å². The van der Waals surface area contributed by atoms with Crippen molar-refractivity contribution >= 4 is 28.3 Å². The summed E-state index contributed by atoms with van der Waals surface area (Å²) in [4.78, 5) is 13.0. The van der Waals surface area contributed by atoms with Crippen LogP contribution in [0, 0.1) is 0 Å². The number of halogens is 1. The number of nitrogens with one attached hydrogen (secondary N) is 1. The summed E-state index contributed by atoms with van der Waals surface area (Å²) in [7, 11) is -1.31. The van der Waals surface area contributed by atoms with Crippen molar-refractivity contribution in [1.82, 2.24) is 5.32 Å². The van der Waals surface area contributed by atoms with E-state index in [9.17, 15) is 9.00 Å². The quantitative estimate of drug-likeness (QED) is 0.583. The maximum absolute atomic E-state index is 12.4. The van der Waals surface area contributed by atoms with Crippen LogP contribution in [0.4, 0.5) is 0 Å². The van der Waals surface area contributed by atoms with Crippen LogP contribution in [0.5, 0.6) is 5.75 Å². The summed E-state index contributed by atoms with van der Waals surface area (Å²) < 4.78 is 23.6. The van der Waals surface area contributed by atoms with E-state index in [1.807, 2.05) is 31.2 Å². The molecule has 0 saturated carbocycles. The van der Waals surface area contributed by atoms with Crippen molar-refractivity contribution in [2.45, 2.75) is 24.1 Å². The van der Waals surface area contributed by atoms with Crippen molar-refractivity contribution in [2.75, 3.05) is 6.61 Å². The van der Waals surface area contributed by atoms with Gasteiger partial charge in [0.25, 0.3) is 5.91 Å². The van der Waals surface area contributed by atoms with Crippen LogP contribution in [0.25, 0.3) is 0 Å². The molecule has 1 aromatic heterocycles. The van der Waals surface area contributed by atoms with E-state index in [2.05, 4.69) is 5.32 Å². The highest BCUT2D eigenvalue weighted by atomic mass is 35.5. The summed E-state index contributed by atoms with van der Waals surface area (Å²) >= 11 is 5.93. The Morgan fingerprint density at radius 1 is 1.14 bits per heavy atom. The molecule has 0 aliphatic heterocycles. The topological polar surface area (TPSA) is 68.5 Å². The van der Waals surface area contributed by atoms with Crippen LogP contribution in [0.2, 0.25) is 5.02 Å². The summed E-state index contributed by atoms with van der Waals surface area (Å²) in [6.07, 6.45) is 0. The second-order valence-corrected chi connectivity index (χ2v) is 7.82. The minimum absolute atomic E-state index is 0.167. The molecule has 1 N–H and O–H groups in total. The average Bonchev–Trinajstić information content (AvgIpc) is 3.16. The molecule has 1 heterocycles. The molecule has 0 bridgehead atoms. The summed E-state index contributed by atoms with van der Waals surface area (Å²) in [5.74, 6) is 1.21. The van der Waals surface area contributed by atoms with Crippen molar-refractivity contribution < 1.29 is 18.2 Å². The van der Waals surface area contributed by atoms with Crippen molar-refractivity contribution in [1.29, 1.82) is 0 Å². The molecule has 28 heavy (non-hydrogen) atoms. The molecule has 3 aromatic rings. The Morgan fingerprint density at radius 3 is 2.75 bits per heavy atom. The van der Waals surface area contributed by atoms with E-state index in [0.29, 0.717) is 28.8 Å². The maximum Gasteiger partial charge on any atom is 0.287 e. The van der Waals surface area contributed by atoms with Gasteiger partial charge in [0.1, 0.15) is 11.5 Å². The van der Waals surface area contributed by atoms with Gasteiger partial charge >= 0.3 is 0 Å².